The van der Waals surface area contributed by atoms with Crippen molar-refractivity contribution in [2.45, 2.75) is 6.61 Å². The maximum absolute atomic E-state index is 13.2. The Morgan fingerprint density at radius 2 is 1.87 bits per heavy atom. The summed E-state index contributed by atoms with van der Waals surface area (Å²) in [7, 11) is 0. The molecule has 3 aromatic rings. The highest BCUT2D eigenvalue weighted by Crippen LogP contribution is 2.37. The largest absolute Gasteiger partial charge is 0.489 e. The Morgan fingerprint density at radius 3 is 2.73 bits per heavy atom. The molecular formula is C23H14ClFO5. The minimum atomic E-state index is -0.407. The quantitative estimate of drug-likeness (QED) is 0.525. The number of fused-ring (bicyclic) bond motifs is 2. The number of ether oxygens (including phenoxy) is 4. The van der Waals surface area contributed by atoms with E-state index >= 15 is 0 Å². The molecule has 0 N–H and O–H groups in total. The van der Waals surface area contributed by atoms with Crippen molar-refractivity contribution >= 4 is 23.5 Å². The van der Waals surface area contributed by atoms with E-state index in [0.29, 0.717) is 34.1 Å². The van der Waals surface area contributed by atoms with Crippen molar-refractivity contribution < 1.29 is 28.1 Å². The van der Waals surface area contributed by atoms with Gasteiger partial charge in [0.05, 0.1) is 10.6 Å². The first kappa shape index (κ1) is 18.5. The fourth-order valence-electron chi connectivity index (χ4n) is 3.21. The van der Waals surface area contributed by atoms with E-state index in [4.69, 9.17) is 30.5 Å². The minimum absolute atomic E-state index is 0.158. The molecule has 0 radical (unpaired) electrons. The molecule has 0 aliphatic carbocycles. The van der Waals surface area contributed by atoms with Gasteiger partial charge in [-0.15, -0.1) is 0 Å². The number of hydrogen-bond donors (Lipinski definition) is 0. The molecule has 0 amide bonds. The van der Waals surface area contributed by atoms with Crippen molar-refractivity contribution in [2.24, 2.45) is 0 Å². The fourth-order valence-corrected chi connectivity index (χ4v) is 3.43. The lowest BCUT2D eigenvalue weighted by atomic mass is 10.1. The lowest BCUT2D eigenvalue weighted by molar-refractivity contribution is 0.101. The summed E-state index contributed by atoms with van der Waals surface area (Å²) in [6.45, 7) is 0.341. The first-order valence-electron chi connectivity index (χ1n) is 9.11. The number of rotatable bonds is 4. The Bertz CT molecular complexity index is 1200. The molecule has 0 bridgehead atoms. The van der Waals surface area contributed by atoms with Crippen molar-refractivity contribution in [1.29, 1.82) is 0 Å². The highest BCUT2D eigenvalue weighted by molar-refractivity contribution is 6.31. The molecule has 2 aliphatic rings. The smallest absolute Gasteiger partial charge is 0.231 e. The molecule has 3 aromatic carbocycles. The maximum Gasteiger partial charge on any atom is 0.231 e. The van der Waals surface area contributed by atoms with E-state index < -0.39 is 5.82 Å². The van der Waals surface area contributed by atoms with Crippen LogP contribution in [0.25, 0.3) is 6.08 Å². The standard InChI is InChI=1S/C23H14ClFO5/c24-18-9-15(25)3-2-14(18)11-27-16-4-5-17-20(10-16)30-22(23(17)26)8-13-1-6-19-21(7-13)29-12-28-19/h1-10H,11-12H2. The number of ketones is 1. The third kappa shape index (κ3) is 3.46. The molecule has 2 heterocycles. The second kappa shape index (κ2) is 7.39. The lowest BCUT2D eigenvalue weighted by Gasteiger charge is -2.08. The molecule has 5 nitrogen and oxygen atoms in total. The molecule has 30 heavy (non-hydrogen) atoms. The summed E-state index contributed by atoms with van der Waals surface area (Å²) in [5, 5.41) is 0.288. The molecular weight excluding hydrogens is 411 g/mol. The van der Waals surface area contributed by atoms with Gasteiger partial charge in [0.25, 0.3) is 0 Å². The van der Waals surface area contributed by atoms with Gasteiger partial charge < -0.3 is 18.9 Å². The van der Waals surface area contributed by atoms with Crippen LogP contribution in [0.15, 0.2) is 60.4 Å². The highest BCUT2D eigenvalue weighted by Gasteiger charge is 2.28. The van der Waals surface area contributed by atoms with Gasteiger partial charge in [-0.05, 0) is 48.0 Å². The Labute approximate surface area is 176 Å². The van der Waals surface area contributed by atoms with Crippen LogP contribution in [-0.4, -0.2) is 12.6 Å². The van der Waals surface area contributed by atoms with Gasteiger partial charge in [0, 0.05) is 11.6 Å². The monoisotopic (exact) mass is 424 g/mol. The van der Waals surface area contributed by atoms with Gasteiger partial charge in [0.15, 0.2) is 17.3 Å². The van der Waals surface area contributed by atoms with Gasteiger partial charge in [-0.2, -0.15) is 0 Å². The van der Waals surface area contributed by atoms with Gasteiger partial charge in [0.2, 0.25) is 12.6 Å². The van der Waals surface area contributed by atoms with Crippen LogP contribution in [0.2, 0.25) is 5.02 Å². The first-order valence-corrected chi connectivity index (χ1v) is 9.49. The van der Waals surface area contributed by atoms with Gasteiger partial charge in [0.1, 0.15) is 23.9 Å². The molecule has 0 saturated heterocycles. The van der Waals surface area contributed by atoms with Gasteiger partial charge in [-0.25, -0.2) is 4.39 Å². The number of hydrogen-bond acceptors (Lipinski definition) is 5. The van der Waals surface area contributed by atoms with Crippen LogP contribution < -0.4 is 18.9 Å². The van der Waals surface area contributed by atoms with E-state index in [2.05, 4.69) is 0 Å². The minimum Gasteiger partial charge on any atom is -0.489 e. The van der Waals surface area contributed by atoms with Crippen LogP contribution in [0.3, 0.4) is 0 Å². The summed E-state index contributed by atoms with van der Waals surface area (Å²) in [5.41, 5.74) is 1.87. The Hall–Kier alpha value is -3.51. The first-order chi connectivity index (χ1) is 14.6. The summed E-state index contributed by atoms with van der Waals surface area (Å²) in [6, 6.07) is 14.5. The molecule has 0 spiro atoms. The second-order valence-corrected chi connectivity index (χ2v) is 7.14. The van der Waals surface area contributed by atoms with E-state index in [9.17, 15) is 9.18 Å². The predicted octanol–water partition coefficient (Wildman–Crippen LogP) is 5.40. The van der Waals surface area contributed by atoms with Gasteiger partial charge in [-0.3, -0.25) is 4.79 Å². The lowest BCUT2D eigenvalue weighted by Crippen LogP contribution is -1.98. The molecule has 0 aromatic heterocycles. The van der Waals surface area contributed by atoms with E-state index in [0.717, 1.165) is 5.56 Å². The summed E-state index contributed by atoms with van der Waals surface area (Å²) in [5.74, 6) is 1.80. The number of carbonyl (C=O) groups is 1. The third-order valence-corrected chi connectivity index (χ3v) is 5.10. The summed E-state index contributed by atoms with van der Waals surface area (Å²) >= 11 is 6.03. The van der Waals surface area contributed by atoms with Crippen molar-refractivity contribution in [3.63, 3.8) is 0 Å². The molecule has 150 valence electrons. The van der Waals surface area contributed by atoms with Crippen LogP contribution in [-0.2, 0) is 6.61 Å². The van der Waals surface area contributed by atoms with Crippen LogP contribution in [0.4, 0.5) is 4.39 Å². The second-order valence-electron chi connectivity index (χ2n) is 6.73. The van der Waals surface area contributed by atoms with E-state index in [-0.39, 0.29) is 30.0 Å². The maximum atomic E-state index is 13.2. The molecule has 0 atom stereocenters. The van der Waals surface area contributed by atoms with Crippen LogP contribution in [0.5, 0.6) is 23.0 Å². The van der Waals surface area contributed by atoms with Crippen LogP contribution in [0.1, 0.15) is 21.5 Å². The zero-order valence-electron chi connectivity index (χ0n) is 15.5. The average molecular weight is 425 g/mol. The zero-order valence-corrected chi connectivity index (χ0v) is 16.2. The van der Waals surface area contributed by atoms with E-state index in [1.807, 2.05) is 6.07 Å². The summed E-state index contributed by atoms with van der Waals surface area (Å²) < 4.78 is 35.3. The van der Waals surface area contributed by atoms with Crippen molar-refractivity contribution in [3.05, 3.63) is 87.9 Å². The zero-order chi connectivity index (χ0) is 20.7. The van der Waals surface area contributed by atoms with Crippen LogP contribution >= 0.6 is 11.6 Å². The summed E-state index contributed by atoms with van der Waals surface area (Å²) in [6.07, 6.45) is 1.66. The molecule has 0 unspecified atom stereocenters. The molecule has 0 saturated carbocycles. The molecule has 7 heteroatoms. The fraction of sp³-hybridized carbons (Fsp3) is 0.0870. The van der Waals surface area contributed by atoms with Crippen molar-refractivity contribution in [2.75, 3.05) is 6.79 Å². The molecule has 2 aliphatic heterocycles. The predicted molar refractivity (Wildman–Crippen MR) is 108 cm³/mol. The number of allylic oxidation sites excluding steroid dienone is 1. The number of carbonyl (C=O) groups excluding carboxylic acids is 1. The number of Topliss-reactive ketones (excluding diaryl/α,β-unsaturated/α-hetero) is 1. The summed E-state index contributed by atoms with van der Waals surface area (Å²) in [4.78, 5) is 12.7. The third-order valence-electron chi connectivity index (χ3n) is 4.75. The van der Waals surface area contributed by atoms with Gasteiger partial charge >= 0.3 is 0 Å². The Kier molecular flexibility index (Phi) is 4.56. The van der Waals surface area contributed by atoms with E-state index in [1.165, 1.54) is 12.1 Å². The number of benzene rings is 3. The van der Waals surface area contributed by atoms with Crippen molar-refractivity contribution in [3.8, 4) is 23.0 Å². The molecule has 5 rings (SSSR count). The SMILES string of the molecule is O=C1C(=Cc2ccc3c(c2)OCO3)Oc2cc(OCc3ccc(F)cc3Cl)ccc21. The van der Waals surface area contributed by atoms with Crippen molar-refractivity contribution in [1.82, 2.24) is 0 Å². The average Bonchev–Trinajstić information content (AvgIpc) is 3.31. The number of halogens is 2. The Morgan fingerprint density at radius 1 is 1.00 bits per heavy atom. The van der Waals surface area contributed by atoms with Gasteiger partial charge in [-0.1, -0.05) is 23.7 Å². The van der Waals surface area contributed by atoms with E-state index in [1.54, 1.807) is 42.5 Å². The Balaban J connectivity index is 1.33. The normalized spacial score (nSPS) is 15.3. The highest BCUT2D eigenvalue weighted by atomic mass is 35.5. The topological polar surface area (TPSA) is 54.0 Å². The van der Waals surface area contributed by atoms with Crippen LogP contribution in [0, 0.1) is 5.82 Å². The molecule has 0 fully saturated rings.